The molecule has 0 aliphatic carbocycles. The number of phenolic OH excluding ortho intramolecular Hbond substituents is 1. The smallest absolute Gasteiger partial charge is 0.271 e. The fraction of sp³-hybridized carbons (Fsp3) is 0.263. The van der Waals surface area contributed by atoms with Crippen molar-refractivity contribution < 1.29 is 14.7 Å². The van der Waals surface area contributed by atoms with Crippen LogP contribution < -0.4 is 10.6 Å². The number of aromatic hydroxyl groups is 1. The second kappa shape index (κ2) is 7.55. The fourth-order valence-electron chi connectivity index (χ4n) is 3.02. The van der Waals surface area contributed by atoms with Crippen molar-refractivity contribution in [1.29, 1.82) is 0 Å². The summed E-state index contributed by atoms with van der Waals surface area (Å²) in [5.74, 6) is -0.581. The van der Waals surface area contributed by atoms with Gasteiger partial charge in [-0.1, -0.05) is 18.2 Å². The van der Waals surface area contributed by atoms with Crippen molar-refractivity contribution in [1.82, 2.24) is 30.2 Å². The molecule has 3 N–H and O–H groups in total. The predicted octanol–water partition coefficient (Wildman–Crippen LogP) is 1.22. The summed E-state index contributed by atoms with van der Waals surface area (Å²) in [7, 11) is 3.06. The van der Waals surface area contributed by atoms with Gasteiger partial charge in [-0.05, 0) is 32.0 Å². The maximum atomic E-state index is 12.0. The van der Waals surface area contributed by atoms with Crippen molar-refractivity contribution in [3.63, 3.8) is 0 Å². The van der Waals surface area contributed by atoms with Gasteiger partial charge in [0.2, 0.25) is 0 Å². The molecule has 9 heteroatoms. The average Bonchev–Trinajstić information content (AvgIpc) is 3.26. The number of para-hydroxylation sites is 1. The number of hydrogen-bond acceptors (Lipinski definition) is 5. The van der Waals surface area contributed by atoms with Crippen LogP contribution in [-0.2, 0) is 0 Å². The van der Waals surface area contributed by atoms with E-state index >= 15 is 0 Å². The largest absolute Gasteiger partial charge is 0.508 e. The molecule has 146 valence electrons. The maximum absolute atomic E-state index is 12.0. The van der Waals surface area contributed by atoms with Crippen LogP contribution in [0.4, 0.5) is 0 Å². The molecule has 0 bridgehead atoms. The Morgan fingerprint density at radius 3 is 1.82 bits per heavy atom. The second-order valence-corrected chi connectivity index (χ2v) is 6.32. The van der Waals surface area contributed by atoms with Gasteiger partial charge in [-0.3, -0.25) is 9.59 Å². The number of aryl methyl sites for hydroxylation is 2. The van der Waals surface area contributed by atoms with Crippen molar-refractivity contribution in [2.24, 2.45) is 0 Å². The molecule has 1 aromatic carbocycles. The maximum Gasteiger partial charge on any atom is 0.271 e. The predicted molar refractivity (Wildman–Crippen MR) is 102 cm³/mol. The topological polar surface area (TPSA) is 114 Å². The number of amides is 2. The molecule has 0 radical (unpaired) electrons. The van der Waals surface area contributed by atoms with Crippen LogP contribution >= 0.6 is 0 Å². The van der Waals surface area contributed by atoms with Crippen molar-refractivity contribution >= 4 is 11.8 Å². The number of carbonyl (C=O) groups excluding carboxylic acids is 2. The molecule has 2 amide bonds. The van der Waals surface area contributed by atoms with Gasteiger partial charge in [0.1, 0.15) is 5.75 Å². The number of benzene rings is 1. The normalized spacial score (nSPS) is 10.9. The number of hydrogen-bond donors (Lipinski definition) is 3. The summed E-state index contributed by atoms with van der Waals surface area (Å²) in [6.07, 6.45) is -0.682. The summed E-state index contributed by atoms with van der Waals surface area (Å²) in [6, 6.07) is 10.1. The van der Waals surface area contributed by atoms with Gasteiger partial charge < -0.3 is 15.7 Å². The molecule has 0 saturated heterocycles. The lowest BCUT2D eigenvalue weighted by molar-refractivity contribution is 0.0950. The van der Waals surface area contributed by atoms with Gasteiger partial charge in [0, 0.05) is 31.0 Å². The van der Waals surface area contributed by atoms with E-state index < -0.39 is 6.17 Å². The molecule has 28 heavy (non-hydrogen) atoms. The zero-order valence-electron chi connectivity index (χ0n) is 16.1. The Bertz CT molecular complexity index is 976. The van der Waals surface area contributed by atoms with Crippen LogP contribution in [0.1, 0.15) is 44.1 Å². The van der Waals surface area contributed by atoms with Gasteiger partial charge in [-0.25, -0.2) is 9.36 Å². The number of rotatable bonds is 5. The van der Waals surface area contributed by atoms with Gasteiger partial charge in [-0.2, -0.15) is 10.2 Å². The van der Waals surface area contributed by atoms with Crippen LogP contribution in [0.3, 0.4) is 0 Å². The van der Waals surface area contributed by atoms with Gasteiger partial charge in [0.25, 0.3) is 11.8 Å². The third-order valence-corrected chi connectivity index (χ3v) is 4.44. The van der Waals surface area contributed by atoms with Gasteiger partial charge in [0.15, 0.2) is 17.6 Å². The lowest BCUT2D eigenvalue weighted by atomic mass is 10.1. The van der Waals surface area contributed by atoms with E-state index in [2.05, 4.69) is 20.8 Å². The van der Waals surface area contributed by atoms with Crippen LogP contribution in [0.5, 0.6) is 5.75 Å². The minimum Gasteiger partial charge on any atom is -0.508 e. The van der Waals surface area contributed by atoms with Crippen LogP contribution in [-0.4, -0.2) is 50.6 Å². The van der Waals surface area contributed by atoms with E-state index in [4.69, 9.17) is 0 Å². The summed E-state index contributed by atoms with van der Waals surface area (Å²) in [5.41, 5.74) is 2.42. The summed E-state index contributed by atoms with van der Waals surface area (Å²) in [6.45, 7) is 3.62. The average molecular weight is 382 g/mol. The highest BCUT2D eigenvalue weighted by molar-refractivity contribution is 5.92. The van der Waals surface area contributed by atoms with E-state index in [1.807, 2.05) is 13.8 Å². The molecular weight excluding hydrogens is 360 g/mol. The zero-order chi connectivity index (χ0) is 20.4. The Labute approximate surface area is 162 Å². The first-order chi connectivity index (χ1) is 13.4. The zero-order valence-corrected chi connectivity index (χ0v) is 16.1. The first kappa shape index (κ1) is 19.2. The van der Waals surface area contributed by atoms with Crippen LogP contribution in [0, 0.1) is 13.8 Å². The summed E-state index contributed by atoms with van der Waals surface area (Å²) in [4.78, 5) is 24.1. The number of nitrogens with one attached hydrogen (secondary N) is 2. The van der Waals surface area contributed by atoms with Gasteiger partial charge >= 0.3 is 0 Å². The van der Waals surface area contributed by atoms with Crippen LogP contribution in [0.2, 0.25) is 0 Å². The summed E-state index contributed by atoms with van der Waals surface area (Å²) < 4.78 is 3.21. The molecular formula is C19H22N6O3. The molecule has 0 atom stereocenters. The number of phenols is 1. The molecule has 0 aliphatic heterocycles. The molecule has 0 fully saturated rings. The number of aromatic nitrogens is 4. The summed E-state index contributed by atoms with van der Waals surface area (Å²) >= 11 is 0. The Kier molecular flexibility index (Phi) is 5.16. The molecule has 9 nitrogen and oxygen atoms in total. The lowest BCUT2D eigenvalue weighted by Gasteiger charge is -2.22. The Balaban J connectivity index is 2.22. The van der Waals surface area contributed by atoms with Crippen molar-refractivity contribution in [2.45, 2.75) is 20.0 Å². The Morgan fingerprint density at radius 1 is 0.929 bits per heavy atom. The van der Waals surface area contributed by atoms with E-state index in [9.17, 15) is 14.7 Å². The molecule has 0 spiro atoms. The van der Waals surface area contributed by atoms with Gasteiger partial charge in [0.05, 0.1) is 0 Å². The quantitative estimate of drug-likeness (QED) is 0.614. The van der Waals surface area contributed by atoms with Crippen LogP contribution in [0.15, 0.2) is 36.4 Å². The first-order valence-corrected chi connectivity index (χ1v) is 8.71. The second-order valence-electron chi connectivity index (χ2n) is 6.32. The highest BCUT2D eigenvalue weighted by atomic mass is 16.3. The van der Waals surface area contributed by atoms with Crippen molar-refractivity contribution in [2.75, 3.05) is 14.1 Å². The molecule has 0 aliphatic rings. The molecule has 2 heterocycles. The third kappa shape index (κ3) is 3.34. The van der Waals surface area contributed by atoms with Crippen molar-refractivity contribution in [3.8, 4) is 5.75 Å². The highest BCUT2D eigenvalue weighted by Gasteiger charge is 2.26. The van der Waals surface area contributed by atoms with E-state index in [0.717, 1.165) is 0 Å². The molecule has 0 saturated carbocycles. The third-order valence-electron chi connectivity index (χ3n) is 4.44. The highest BCUT2D eigenvalue weighted by Crippen LogP contribution is 2.30. The lowest BCUT2D eigenvalue weighted by Crippen LogP contribution is -2.26. The molecule has 2 aromatic heterocycles. The molecule has 3 rings (SSSR count). The molecule has 0 unspecified atom stereocenters. The van der Waals surface area contributed by atoms with Crippen molar-refractivity contribution in [3.05, 3.63) is 64.7 Å². The van der Waals surface area contributed by atoms with E-state index in [0.29, 0.717) is 17.0 Å². The number of carbonyl (C=O) groups is 2. The Morgan fingerprint density at radius 2 is 1.39 bits per heavy atom. The monoisotopic (exact) mass is 382 g/mol. The standard InChI is InChI=1S/C19H22N6O3/c1-11-9-14(17(27)20-3)22-24(11)19(13-7-5-6-8-16(13)26)25-12(2)10-15(23-25)18(28)21-4/h5-10,19,26H,1-4H3,(H,20,27)(H,21,28). The minimum absolute atomic E-state index is 0.0558. The van der Waals surface area contributed by atoms with E-state index in [1.54, 1.807) is 45.8 Å². The molecule has 3 aromatic rings. The SMILES string of the molecule is CNC(=O)c1cc(C)n(C(c2ccccc2O)n2nc(C(=O)NC)cc2C)n1. The van der Waals surface area contributed by atoms with E-state index in [1.165, 1.54) is 14.1 Å². The first-order valence-electron chi connectivity index (χ1n) is 8.71. The van der Waals surface area contributed by atoms with Gasteiger partial charge in [-0.15, -0.1) is 0 Å². The summed E-state index contributed by atoms with van der Waals surface area (Å²) in [5, 5.41) is 24.4. The fourth-order valence-corrected chi connectivity index (χ4v) is 3.02. The minimum atomic E-state index is -0.682. The Hall–Kier alpha value is -3.62. The van der Waals surface area contributed by atoms with Crippen LogP contribution in [0.25, 0.3) is 0 Å². The number of nitrogens with zero attached hydrogens (tertiary/aromatic N) is 4. The van der Waals surface area contributed by atoms with E-state index in [-0.39, 0.29) is 29.0 Å².